The van der Waals surface area contributed by atoms with Crippen LogP contribution in [0.3, 0.4) is 0 Å². The van der Waals surface area contributed by atoms with Crippen molar-refractivity contribution in [3.63, 3.8) is 0 Å². The number of hydrogen-bond donors (Lipinski definition) is 1. The molecule has 0 fully saturated rings. The van der Waals surface area contributed by atoms with Crippen molar-refractivity contribution in [2.45, 2.75) is 13.8 Å². The number of para-hydroxylation sites is 1. The number of ketones is 1. The number of amides is 1. The number of aryl methyl sites for hydroxylation is 2. The molecule has 0 spiro atoms. The first-order chi connectivity index (χ1) is 12.1. The van der Waals surface area contributed by atoms with Gasteiger partial charge in [0, 0.05) is 16.8 Å². The molecule has 25 heavy (non-hydrogen) atoms. The Balaban J connectivity index is 1.93. The number of hydrogen-bond acceptors (Lipinski definition) is 2. The summed E-state index contributed by atoms with van der Waals surface area (Å²) in [6.07, 6.45) is 0. The topological polar surface area (TPSA) is 46.2 Å². The van der Waals surface area contributed by atoms with Crippen LogP contribution in [0.15, 0.2) is 72.8 Å². The van der Waals surface area contributed by atoms with E-state index in [9.17, 15) is 9.59 Å². The number of nitrogens with one attached hydrogen (secondary N) is 1. The number of carbonyl (C=O) groups excluding carboxylic acids is 2. The maximum absolute atomic E-state index is 12.8. The fraction of sp³-hybridized carbons (Fsp3) is 0.0909. The molecule has 0 aliphatic carbocycles. The van der Waals surface area contributed by atoms with E-state index in [-0.39, 0.29) is 11.7 Å². The molecule has 3 nitrogen and oxygen atoms in total. The summed E-state index contributed by atoms with van der Waals surface area (Å²) in [5.41, 5.74) is 4.14. The lowest BCUT2D eigenvalue weighted by molar-refractivity contribution is 0.0996. The molecule has 0 aliphatic rings. The number of carbonyl (C=O) groups is 2. The summed E-state index contributed by atoms with van der Waals surface area (Å²) in [6, 6.07) is 21.8. The lowest BCUT2D eigenvalue weighted by Crippen LogP contribution is -2.17. The fourth-order valence-electron chi connectivity index (χ4n) is 2.64. The Labute approximate surface area is 147 Å². The van der Waals surface area contributed by atoms with E-state index in [2.05, 4.69) is 5.32 Å². The lowest BCUT2D eigenvalue weighted by atomic mass is 9.97. The van der Waals surface area contributed by atoms with Crippen LogP contribution in [0.4, 0.5) is 5.69 Å². The molecule has 0 atom stereocenters. The molecule has 1 amide bonds. The van der Waals surface area contributed by atoms with Crippen molar-refractivity contribution in [3.8, 4) is 0 Å². The van der Waals surface area contributed by atoms with Crippen LogP contribution in [0.5, 0.6) is 0 Å². The molecule has 1 N–H and O–H groups in total. The molecule has 124 valence electrons. The zero-order chi connectivity index (χ0) is 17.8. The predicted molar refractivity (Wildman–Crippen MR) is 100 cm³/mol. The van der Waals surface area contributed by atoms with Crippen molar-refractivity contribution in [1.29, 1.82) is 0 Å². The Hall–Kier alpha value is -3.20. The van der Waals surface area contributed by atoms with Crippen LogP contribution in [0, 0.1) is 13.8 Å². The molecule has 0 saturated heterocycles. The first-order valence-corrected chi connectivity index (χ1v) is 8.13. The molecule has 3 aromatic carbocycles. The smallest absolute Gasteiger partial charge is 0.256 e. The highest BCUT2D eigenvalue weighted by Gasteiger charge is 2.18. The molecule has 0 aliphatic heterocycles. The second kappa shape index (κ2) is 7.14. The maximum Gasteiger partial charge on any atom is 0.256 e. The molecule has 0 saturated carbocycles. The molecule has 0 radical (unpaired) electrons. The van der Waals surface area contributed by atoms with Crippen molar-refractivity contribution in [1.82, 2.24) is 0 Å². The van der Waals surface area contributed by atoms with Gasteiger partial charge in [0.05, 0.1) is 5.56 Å². The van der Waals surface area contributed by atoms with E-state index in [1.807, 2.05) is 50.2 Å². The Kier molecular flexibility index (Phi) is 4.75. The Morgan fingerprint density at radius 2 is 1.32 bits per heavy atom. The Morgan fingerprint density at radius 1 is 0.720 bits per heavy atom. The third kappa shape index (κ3) is 3.66. The highest BCUT2D eigenvalue weighted by Crippen LogP contribution is 2.19. The SMILES string of the molecule is Cc1ccc(C(=O)c2ccccc2C(=O)Nc2ccccc2C)cc1. The zero-order valence-electron chi connectivity index (χ0n) is 14.2. The second-order valence-corrected chi connectivity index (χ2v) is 6.01. The third-order valence-electron chi connectivity index (χ3n) is 4.12. The summed E-state index contributed by atoms with van der Waals surface area (Å²) in [5, 5.41) is 2.89. The lowest BCUT2D eigenvalue weighted by Gasteiger charge is -2.11. The van der Waals surface area contributed by atoms with Gasteiger partial charge in [0.25, 0.3) is 5.91 Å². The van der Waals surface area contributed by atoms with Gasteiger partial charge in [-0.2, -0.15) is 0 Å². The van der Waals surface area contributed by atoms with Crippen molar-refractivity contribution < 1.29 is 9.59 Å². The molecule has 3 rings (SSSR count). The van der Waals surface area contributed by atoms with E-state index in [1.54, 1.807) is 36.4 Å². The van der Waals surface area contributed by atoms with E-state index in [1.165, 1.54) is 0 Å². The Morgan fingerprint density at radius 3 is 2.00 bits per heavy atom. The van der Waals surface area contributed by atoms with Gasteiger partial charge in [-0.05, 0) is 31.5 Å². The van der Waals surface area contributed by atoms with E-state index in [4.69, 9.17) is 0 Å². The van der Waals surface area contributed by atoms with Crippen LogP contribution in [-0.2, 0) is 0 Å². The van der Waals surface area contributed by atoms with Gasteiger partial charge < -0.3 is 5.32 Å². The number of rotatable bonds is 4. The van der Waals surface area contributed by atoms with E-state index >= 15 is 0 Å². The van der Waals surface area contributed by atoms with Crippen LogP contribution in [0.25, 0.3) is 0 Å². The first-order valence-electron chi connectivity index (χ1n) is 8.13. The standard InChI is InChI=1S/C22H19NO2/c1-15-11-13-17(14-12-15)21(24)18-8-4-5-9-19(18)22(25)23-20-10-6-3-7-16(20)2/h3-14H,1-2H3,(H,23,25). The summed E-state index contributed by atoms with van der Waals surface area (Å²) in [5.74, 6) is -0.444. The highest BCUT2D eigenvalue weighted by molar-refractivity contribution is 6.17. The predicted octanol–water partition coefficient (Wildman–Crippen LogP) is 4.79. The van der Waals surface area contributed by atoms with Crippen LogP contribution in [0.2, 0.25) is 0 Å². The summed E-state index contributed by atoms with van der Waals surface area (Å²) in [7, 11) is 0. The van der Waals surface area contributed by atoms with Crippen molar-refractivity contribution in [2.24, 2.45) is 0 Å². The van der Waals surface area contributed by atoms with E-state index in [0.717, 1.165) is 16.8 Å². The average Bonchev–Trinajstić information content (AvgIpc) is 2.63. The van der Waals surface area contributed by atoms with Crippen LogP contribution >= 0.6 is 0 Å². The monoisotopic (exact) mass is 329 g/mol. The van der Waals surface area contributed by atoms with Gasteiger partial charge in [0.15, 0.2) is 5.78 Å². The molecule has 0 unspecified atom stereocenters. The Bertz CT molecular complexity index is 927. The van der Waals surface area contributed by atoms with Crippen molar-refractivity contribution in [3.05, 3.63) is 101 Å². The van der Waals surface area contributed by atoms with Gasteiger partial charge in [-0.25, -0.2) is 0 Å². The van der Waals surface area contributed by atoms with Gasteiger partial charge in [0.2, 0.25) is 0 Å². The fourth-order valence-corrected chi connectivity index (χ4v) is 2.64. The molecule has 0 heterocycles. The van der Waals surface area contributed by atoms with Crippen LogP contribution < -0.4 is 5.32 Å². The second-order valence-electron chi connectivity index (χ2n) is 6.01. The van der Waals surface area contributed by atoms with Gasteiger partial charge in [-0.3, -0.25) is 9.59 Å². The first kappa shape index (κ1) is 16.7. The van der Waals surface area contributed by atoms with E-state index in [0.29, 0.717) is 16.7 Å². The van der Waals surface area contributed by atoms with Crippen molar-refractivity contribution >= 4 is 17.4 Å². The maximum atomic E-state index is 12.8. The van der Waals surface area contributed by atoms with Gasteiger partial charge in [-0.1, -0.05) is 66.2 Å². The minimum atomic E-state index is -0.287. The summed E-state index contributed by atoms with van der Waals surface area (Å²) >= 11 is 0. The van der Waals surface area contributed by atoms with Gasteiger partial charge in [-0.15, -0.1) is 0 Å². The average molecular weight is 329 g/mol. The summed E-state index contributed by atoms with van der Waals surface area (Å²) < 4.78 is 0. The minimum absolute atomic E-state index is 0.157. The van der Waals surface area contributed by atoms with Gasteiger partial charge in [0.1, 0.15) is 0 Å². The molecule has 3 heteroatoms. The third-order valence-corrected chi connectivity index (χ3v) is 4.12. The molecule has 0 aromatic heterocycles. The number of anilines is 1. The summed E-state index contributed by atoms with van der Waals surface area (Å²) in [6.45, 7) is 3.90. The molecule has 3 aromatic rings. The van der Waals surface area contributed by atoms with Crippen LogP contribution in [-0.4, -0.2) is 11.7 Å². The highest BCUT2D eigenvalue weighted by atomic mass is 16.2. The minimum Gasteiger partial charge on any atom is -0.322 e. The van der Waals surface area contributed by atoms with Crippen LogP contribution in [0.1, 0.15) is 37.4 Å². The zero-order valence-corrected chi connectivity index (χ0v) is 14.2. The normalized spacial score (nSPS) is 10.3. The largest absolute Gasteiger partial charge is 0.322 e. The van der Waals surface area contributed by atoms with E-state index < -0.39 is 0 Å². The van der Waals surface area contributed by atoms with Crippen molar-refractivity contribution in [2.75, 3.05) is 5.32 Å². The molecular formula is C22H19NO2. The number of benzene rings is 3. The van der Waals surface area contributed by atoms with Gasteiger partial charge >= 0.3 is 0 Å². The molecular weight excluding hydrogens is 310 g/mol. The summed E-state index contributed by atoms with van der Waals surface area (Å²) in [4.78, 5) is 25.5. The quantitative estimate of drug-likeness (QED) is 0.700. The molecule has 0 bridgehead atoms.